The molecule has 0 amide bonds. The summed E-state index contributed by atoms with van der Waals surface area (Å²) in [6, 6.07) is 2.08. The first-order valence-corrected chi connectivity index (χ1v) is 5.31. The summed E-state index contributed by atoms with van der Waals surface area (Å²) in [5.74, 6) is 0. The SMILES string of the molecule is CC/C(C)=C(\CNC)c1ccns1. The highest BCUT2D eigenvalue weighted by molar-refractivity contribution is 7.07. The molecule has 0 unspecified atom stereocenters. The van der Waals surface area contributed by atoms with Crippen molar-refractivity contribution in [3.63, 3.8) is 0 Å². The van der Waals surface area contributed by atoms with Gasteiger partial charge in [-0.15, -0.1) is 0 Å². The van der Waals surface area contributed by atoms with E-state index in [9.17, 15) is 0 Å². The number of hydrogen-bond acceptors (Lipinski definition) is 3. The highest BCUT2D eigenvalue weighted by Crippen LogP contribution is 2.22. The van der Waals surface area contributed by atoms with E-state index in [1.807, 2.05) is 13.2 Å². The minimum absolute atomic E-state index is 0.932. The van der Waals surface area contributed by atoms with E-state index in [1.54, 1.807) is 11.5 Å². The summed E-state index contributed by atoms with van der Waals surface area (Å²) in [6.07, 6.45) is 2.97. The van der Waals surface area contributed by atoms with Crippen LogP contribution in [0.5, 0.6) is 0 Å². The molecule has 1 heterocycles. The van der Waals surface area contributed by atoms with Gasteiger partial charge in [-0.3, -0.25) is 0 Å². The van der Waals surface area contributed by atoms with Crippen molar-refractivity contribution in [1.82, 2.24) is 9.69 Å². The fourth-order valence-electron chi connectivity index (χ4n) is 1.21. The molecule has 0 saturated heterocycles. The van der Waals surface area contributed by atoms with E-state index >= 15 is 0 Å². The molecule has 0 fully saturated rings. The van der Waals surface area contributed by atoms with Crippen LogP contribution in [0.2, 0.25) is 0 Å². The molecule has 1 aromatic heterocycles. The van der Waals surface area contributed by atoms with E-state index in [2.05, 4.69) is 29.6 Å². The summed E-state index contributed by atoms with van der Waals surface area (Å²) in [4.78, 5) is 1.29. The lowest BCUT2D eigenvalue weighted by molar-refractivity contribution is 0.920. The van der Waals surface area contributed by atoms with Crippen molar-refractivity contribution in [2.45, 2.75) is 20.3 Å². The van der Waals surface area contributed by atoms with Gasteiger partial charge in [0.25, 0.3) is 0 Å². The third-order valence-electron chi connectivity index (χ3n) is 2.13. The van der Waals surface area contributed by atoms with Crippen molar-refractivity contribution in [2.24, 2.45) is 0 Å². The van der Waals surface area contributed by atoms with Gasteiger partial charge in [0.1, 0.15) is 0 Å². The van der Waals surface area contributed by atoms with Gasteiger partial charge in [0.15, 0.2) is 0 Å². The maximum absolute atomic E-state index is 4.12. The topological polar surface area (TPSA) is 24.9 Å². The van der Waals surface area contributed by atoms with Gasteiger partial charge < -0.3 is 5.32 Å². The molecule has 1 rings (SSSR count). The fourth-order valence-corrected chi connectivity index (χ4v) is 1.92. The molecule has 0 aromatic carbocycles. The van der Waals surface area contributed by atoms with Gasteiger partial charge in [0.2, 0.25) is 0 Å². The largest absolute Gasteiger partial charge is 0.316 e. The summed E-state index contributed by atoms with van der Waals surface area (Å²) in [7, 11) is 1.98. The number of nitrogens with one attached hydrogen (secondary N) is 1. The second kappa shape index (κ2) is 5.14. The molecule has 0 aliphatic rings. The van der Waals surface area contributed by atoms with Gasteiger partial charge in [-0.05, 0) is 43.6 Å². The summed E-state index contributed by atoms with van der Waals surface area (Å²) in [5, 5.41) is 3.19. The van der Waals surface area contributed by atoms with E-state index in [0.29, 0.717) is 0 Å². The summed E-state index contributed by atoms with van der Waals surface area (Å²) < 4.78 is 4.12. The van der Waals surface area contributed by atoms with E-state index in [0.717, 1.165) is 13.0 Å². The molecule has 0 aliphatic carbocycles. The Labute approximate surface area is 83.8 Å². The number of rotatable bonds is 4. The van der Waals surface area contributed by atoms with Crippen LogP contribution < -0.4 is 5.32 Å². The lowest BCUT2D eigenvalue weighted by Gasteiger charge is -2.07. The van der Waals surface area contributed by atoms with Gasteiger partial charge >= 0.3 is 0 Å². The van der Waals surface area contributed by atoms with E-state index in [-0.39, 0.29) is 0 Å². The van der Waals surface area contributed by atoms with Crippen molar-refractivity contribution < 1.29 is 0 Å². The predicted molar refractivity (Wildman–Crippen MR) is 58.9 cm³/mol. The molecule has 0 radical (unpaired) electrons. The first-order valence-electron chi connectivity index (χ1n) is 4.53. The molecule has 1 N–H and O–H groups in total. The quantitative estimate of drug-likeness (QED) is 0.800. The van der Waals surface area contributed by atoms with Gasteiger partial charge in [-0.25, -0.2) is 4.37 Å². The monoisotopic (exact) mass is 196 g/mol. The molecule has 0 aliphatic heterocycles. The minimum atomic E-state index is 0.932. The number of nitrogens with zero attached hydrogens (tertiary/aromatic N) is 1. The predicted octanol–water partition coefficient (Wildman–Crippen LogP) is 2.55. The average Bonchev–Trinajstić information content (AvgIpc) is 2.65. The first kappa shape index (κ1) is 10.4. The van der Waals surface area contributed by atoms with Crippen LogP contribution in [-0.2, 0) is 0 Å². The van der Waals surface area contributed by atoms with Crippen molar-refractivity contribution in [3.05, 3.63) is 22.7 Å². The van der Waals surface area contributed by atoms with E-state index < -0.39 is 0 Å². The molecular weight excluding hydrogens is 180 g/mol. The lowest BCUT2D eigenvalue weighted by Crippen LogP contribution is -2.10. The first-order chi connectivity index (χ1) is 6.29. The van der Waals surface area contributed by atoms with Gasteiger partial charge in [-0.1, -0.05) is 12.5 Å². The Morgan fingerprint density at radius 2 is 2.38 bits per heavy atom. The van der Waals surface area contributed by atoms with Crippen LogP contribution in [0, 0.1) is 0 Å². The Hall–Kier alpha value is -0.670. The molecule has 2 nitrogen and oxygen atoms in total. The van der Waals surface area contributed by atoms with Crippen molar-refractivity contribution >= 4 is 17.1 Å². The van der Waals surface area contributed by atoms with Crippen LogP contribution in [0.4, 0.5) is 0 Å². The standard InChI is InChI=1S/C10H16N2S/c1-4-8(2)9(7-11-3)10-5-6-12-13-10/h5-6,11H,4,7H2,1-3H3/b9-8+. The molecular formula is C10H16N2S. The van der Waals surface area contributed by atoms with E-state index in [4.69, 9.17) is 0 Å². The fraction of sp³-hybridized carbons (Fsp3) is 0.500. The number of likely N-dealkylation sites (N-methyl/N-ethyl adjacent to an activating group) is 1. The molecule has 0 spiro atoms. The molecule has 1 aromatic rings. The van der Waals surface area contributed by atoms with Gasteiger partial charge in [0.05, 0.1) is 4.88 Å². The van der Waals surface area contributed by atoms with Crippen LogP contribution in [0.3, 0.4) is 0 Å². The van der Waals surface area contributed by atoms with Crippen LogP contribution in [0.15, 0.2) is 17.8 Å². The highest BCUT2D eigenvalue weighted by Gasteiger charge is 2.05. The number of allylic oxidation sites excluding steroid dienone is 1. The van der Waals surface area contributed by atoms with Crippen LogP contribution in [0.1, 0.15) is 25.1 Å². The molecule has 0 atom stereocenters. The normalized spacial score (nSPS) is 12.8. The zero-order valence-corrected chi connectivity index (χ0v) is 9.24. The molecule has 13 heavy (non-hydrogen) atoms. The van der Waals surface area contributed by atoms with Crippen molar-refractivity contribution in [3.8, 4) is 0 Å². The Bertz CT molecular complexity index is 275. The Balaban J connectivity index is 2.93. The highest BCUT2D eigenvalue weighted by atomic mass is 32.1. The smallest absolute Gasteiger partial charge is 0.0521 e. The van der Waals surface area contributed by atoms with Crippen LogP contribution >= 0.6 is 11.5 Å². The minimum Gasteiger partial charge on any atom is -0.316 e. The molecule has 72 valence electrons. The van der Waals surface area contributed by atoms with Gasteiger partial charge in [-0.2, -0.15) is 0 Å². The maximum atomic E-state index is 4.12. The third-order valence-corrected chi connectivity index (χ3v) is 2.94. The Morgan fingerprint density at radius 1 is 1.62 bits per heavy atom. The maximum Gasteiger partial charge on any atom is 0.0521 e. The second-order valence-electron chi connectivity index (χ2n) is 3.02. The average molecular weight is 196 g/mol. The van der Waals surface area contributed by atoms with Crippen molar-refractivity contribution in [2.75, 3.05) is 13.6 Å². The summed E-state index contributed by atoms with van der Waals surface area (Å²) in [5.41, 5.74) is 2.84. The third kappa shape index (κ3) is 2.64. The number of hydrogen-bond donors (Lipinski definition) is 1. The van der Waals surface area contributed by atoms with Crippen LogP contribution in [-0.4, -0.2) is 18.0 Å². The Morgan fingerprint density at radius 3 is 2.85 bits per heavy atom. The van der Waals surface area contributed by atoms with E-state index in [1.165, 1.54) is 16.0 Å². The summed E-state index contributed by atoms with van der Waals surface area (Å²) in [6.45, 7) is 5.31. The lowest BCUT2D eigenvalue weighted by atomic mass is 10.1. The van der Waals surface area contributed by atoms with Crippen molar-refractivity contribution in [1.29, 1.82) is 0 Å². The number of aromatic nitrogens is 1. The van der Waals surface area contributed by atoms with Crippen LogP contribution in [0.25, 0.3) is 5.57 Å². The zero-order chi connectivity index (χ0) is 9.68. The molecule has 0 bridgehead atoms. The summed E-state index contributed by atoms with van der Waals surface area (Å²) >= 11 is 1.57. The second-order valence-corrected chi connectivity index (χ2v) is 3.85. The zero-order valence-electron chi connectivity index (χ0n) is 8.42. The molecule has 3 heteroatoms. The Kier molecular flexibility index (Phi) is 4.12. The van der Waals surface area contributed by atoms with Gasteiger partial charge in [0, 0.05) is 12.7 Å². The molecule has 0 saturated carbocycles.